The van der Waals surface area contributed by atoms with E-state index >= 15 is 0 Å². The number of nitrogens with zero attached hydrogens (tertiary/aromatic N) is 1. The Bertz CT molecular complexity index is 173. The van der Waals surface area contributed by atoms with E-state index in [4.69, 9.17) is 5.73 Å². The number of amides is 1. The molecule has 0 saturated heterocycles. The van der Waals surface area contributed by atoms with Gasteiger partial charge in [0.15, 0.2) is 0 Å². The van der Waals surface area contributed by atoms with E-state index in [2.05, 4.69) is 17.1 Å². The number of likely N-dealkylation sites (N-methyl/N-ethyl adjacent to an activating group) is 1. The third-order valence-corrected chi connectivity index (χ3v) is 2.56. The highest BCUT2D eigenvalue weighted by atomic mass is 16.2. The molecule has 0 rings (SSSR count). The Kier molecular flexibility index (Phi) is 8.33. The molecule has 0 aliphatic rings. The van der Waals surface area contributed by atoms with Crippen molar-refractivity contribution in [3.8, 4) is 0 Å². The second kappa shape index (κ2) is 8.68. The molecule has 0 aliphatic heterocycles. The van der Waals surface area contributed by atoms with Gasteiger partial charge < -0.3 is 11.1 Å². The highest BCUT2D eigenvalue weighted by molar-refractivity contribution is 5.77. The average Bonchev–Trinajstić information content (AvgIpc) is 2.22. The van der Waals surface area contributed by atoms with Crippen LogP contribution >= 0.6 is 0 Å². The molecule has 0 aromatic heterocycles. The predicted octanol–water partition coefficient (Wildman–Crippen LogP) is 0.572. The van der Waals surface area contributed by atoms with Gasteiger partial charge in [0.1, 0.15) is 0 Å². The van der Waals surface area contributed by atoms with Crippen LogP contribution in [0.3, 0.4) is 0 Å². The largest absolute Gasteiger partial charge is 0.355 e. The first-order chi connectivity index (χ1) is 7.15. The molecule has 1 unspecified atom stereocenters. The summed E-state index contributed by atoms with van der Waals surface area (Å²) >= 11 is 0. The Morgan fingerprint density at radius 2 is 2.13 bits per heavy atom. The Balaban J connectivity index is 3.86. The zero-order valence-electron chi connectivity index (χ0n) is 10.3. The van der Waals surface area contributed by atoms with E-state index in [0.717, 1.165) is 25.8 Å². The molecule has 0 spiro atoms. The van der Waals surface area contributed by atoms with E-state index in [1.54, 1.807) is 0 Å². The van der Waals surface area contributed by atoms with E-state index in [1.807, 2.05) is 14.0 Å². The molecule has 0 radical (unpaired) electrons. The van der Waals surface area contributed by atoms with Crippen molar-refractivity contribution in [2.45, 2.75) is 39.2 Å². The van der Waals surface area contributed by atoms with Crippen LogP contribution in [0.25, 0.3) is 0 Å². The summed E-state index contributed by atoms with van der Waals surface area (Å²) in [6.45, 7) is 6.09. The molecule has 0 aromatic rings. The maximum atomic E-state index is 11.5. The average molecular weight is 215 g/mol. The fourth-order valence-electron chi connectivity index (χ4n) is 1.60. The fraction of sp³-hybridized carbons (Fsp3) is 0.909. The van der Waals surface area contributed by atoms with Crippen molar-refractivity contribution in [3.05, 3.63) is 0 Å². The molecule has 0 heterocycles. The van der Waals surface area contributed by atoms with Gasteiger partial charge in [-0.05, 0) is 32.9 Å². The Morgan fingerprint density at radius 3 is 2.60 bits per heavy atom. The van der Waals surface area contributed by atoms with Gasteiger partial charge in [-0.3, -0.25) is 9.69 Å². The van der Waals surface area contributed by atoms with E-state index in [-0.39, 0.29) is 5.91 Å². The lowest BCUT2D eigenvalue weighted by Gasteiger charge is -2.26. The lowest BCUT2D eigenvalue weighted by atomic mass is 10.1. The molecule has 0 saturated carbocycles. The summed E-state index contributed by atoms with van der Waals surface area (Å²) in [5, 5.41) is 2.87. The number of hydrogen-bond acceptors (Lipinski definition) is 3. The predicted molar refractivity (Wildman–Crippen MR) is 63.7 cm³/mol. The van der Waals surface area contributed by atoms with Gasteiger partial charge >= 0.3 is 0 Å². The van der Waals surface area contributed by atoms with Crippen LogP contribution in [0.5, 0.6) is 0 Å². The van der Waals surface area contributed by atoms with E-state index in [0.29, 0.717) is 19.1 Å². The smallest absolute Gasteiger partial charge is 0.234 e. The maximum Gasteiger partial charge on any atom is 0.234 e. The van der Waals surface area contributed by atoms with Crippen LogP contribution < -0.4 is 11.1 Å². The molecule has 0 fully saturated rings. The topological polar surface area (TPSA) is 58.4 Å². The van der Waals surface area contributed by atoms with Crippen LogP contribution in [0.2, 0.25) is 0 Å². The third-order valence-electron chi connectivity index (χ3n) is 2.56. The highest BCUT2D eigenvalue weighted by Gasteiger charge is 2.14. The molecule has 3 N–H and O–H groups in total. The quantitative estimate of drug-likeness (QED) is 0.622. The zero-order chi connectivity index (χ0) is 11.7. The summed E-state index contributed by atoms with van der Waals surface area (Å²) < 4.78 is 0. The number of carbonyl (C=O) groups excluding carboxylic acids is 1. The molecule has 1 amide bonds. The molecule has 90 valence electrons. The summed E-state index contributed by atoms with van der Waals surface area (Å²) in [6, 6.07) is 0.419. The Hall–Kier alpha value is -0.610. The number of hydrogen-bond donors (Lipinski definition) is 2. The van der Waals surface area contributed by atoms with Gasteiger partial charge in [-0.2, -0.15) is 0 Å². The zero-order valence-corrected chi connectivity index (χ0v) is 10.3. The van der Waals surface area contributed by atoms with Crippen molar-refractivity contribution >= 4 is 5.91 Å². The van der Waals surface area contributed by atoms with Gasteiger partial charge in [-0.25, -0.2) is 0 Å². The van der Waals surface area contributed by atoms with Crippen molar-refractivity contribution in [2.24, 2.45) is 5.73 Å². The standard InChI is InChI=1S/C11H25N3O/c1-4-8-13-11(15)9-14(3)10(5-2)6-7-12/h10H,4-9,12H2,1-3H3,(H,13,15). The number of nitrogens with one attached hydrogen (secondary N) is 1. The molecule has 0 aromatic carbocycles. The van der Waals surface area contributed by atoms with Crippen molar-refractivity contribution < 1.29 is 4.79 Å². The van der Waals surface area contributed by atoms with E-state index in [1.165, 1.54) is 0 Å². The molecule has 15 heavy (non-hydrogen) atoms. The van der Waals surface area contributed by atoms with Crippen LogP contribution in [0.1, 0.15) is 33.1 Å². The molecule has 1 atom stereocenters. The summed E-state index contributed by atoms with van der Waals surface area (Å²) in [5.41, 5.74) is 5.53. The lowest BCUT2D eigenvalue weighted by molar-refractivity contribution is -0.122. The molecular formula is C11H25N3O. The van der Waals surface area contributed by atoms with Gasteiger partial charge in [-0.15, -0.1) is 0 Å². The van der Waals surface area contributed by atoms with Crippen molar-refractivity contribution in [2.75, 3.05) is 26.7 Å². The van der Waals surface area contributed by atoms with Crippen LogP contribution in [-0.2, 0) is 4.79 Å². The first-order valence-electron chi connectivity index (χ1n) is 5.82. The number of carbonyl (C=O) groups is 1. The fourth-order valence-corrected chi connectivity index (χ4v) is 1.60. The molecule has 0 aliphatic carbocycles. The summed E-state index contributed by atoms with van der Waals surface area (Å²) in [7, 11) is 1.98. The van der Waals surface area contributed by atoms with Gasteiger partial charge in [0.05, 0.1) is 6.54 Å². The van der Waals surface area contributed by atoms with Gasteiger partial charge in [0.2, 0.25) is 5.91 Å². The molecule has 0 bridgehead atoms. The van der Waals surface area contributed by atoms with E-state index in [9.17, 15) is 4.79 Å². The first-order valence-corrected chi connectivity index (χ1v) is 5.82. The van der Waals surface area contributed by atoms with Crippen LogP contribution in [0.4, 0.5) is 0 Å². The molecule has 4 heteroatoms. The summed E-state index contributed by atoms with van der Waals surface area (Å²) in [5.74, 6) is 0.106. The normalized spacial score (nSPS) is 12.9. The van der Waals surface area contributed by atoms with Crippen LogP contribution in [-0.4, -0.2) is 43.5 Å². The minimum atomic E-state index is 0.106. The Morgan fingerprint density at radius 1 is 1.47 bits per heavy atom. The minimum Gasteiger partial charge on any atom is -0.355 e. The lowest BCUT2D eigenvalue weighted by Crippen LogP contribution is -2.41. The second-order valence-electron chi connectivity index (χ2n) is 3.90. The van der Waals surface area contributed by atoms with Gasteiger partial charge in [-0.1, -0.05) is 13.8 Å². The SMILES string of the molecule is CCCNC(=O)CN(C)C(CC)CCN. The van der Waals surface area contributed by atoms with Gasteiger partial charge in [0, 0.05) is 12.6 Å². The van der Waals surface area contributed by atoms with E-state index < -0.39 is 0 Å². The summed E-state index contributed by atoms with van der Waals surface area (Å²) in [6.07, 6.45) is 2.97. The van der Waals surface area contributed by atoms with Crippen LogP contribution in [0.15, 0.2) is 0 Å². The second-order valence-corrected chi connectivity index (χ2v) is 3.90. The number of nitrogens with two attached hydrogens (primary N) is 1. The van der Waals surface area contributed by atoms with Crippen LogP contribution in [0, 0.1) is 0 Å². The third kappa shape index (κ3) is 6.47. The highest BCUT2D eigenvalue weighted by Crippen LogP contribution is 2.04. The molecule has 4 nitrogen and oxygen atoms in total. The maximum absolute atomic E-state index is 11.5. The first kappa shape index (κ1) is 14.4. The minimum absolute atomic E-state index is 0.106. The Labute approximate surface area is 93.2 Å². The van der Waals surface area contributed by atoms with Crippen molar-refractivity contribution in [1.82, 2.24) is 10.2 Å². The summed E-state index contributed by atoms with van der Waals surface area (Å²) in [4.78, 5) is 13.5. The van der Waals surface area contributed by atoms with Crippen molar-refractivity contribution in [3.63, 3.8) is 0 Å². The monoisotopic (exact) mass is 215 g/mol. The van der Waals surface area contributed by atoms with Gasteiger partial charge in [0.25, 0.3) is 0 Å². The molecular weight excluding hydrogens is 190 g/mol. The van der Waals surface area contributed by atoms with Crippen molar-refractivity contribution in [1.29, 1.82) is 0 Å². The number of rotatable bonds is 8.